The molecule has 1 aromatic heterocycles. The molecule has 0 bridgehead atoms. The largest absolute Gasteiger partial charge is 0.459 e. The van der Waals surface area contributed by atoms with Crippen LogP contribution in [-0.2, 0) is 20.6 Å². The molecule has 0 aliphatic carbocycles. The van der Waals surface area contributed by atoms with Crippen LogP contribution < -0.4 is 10.6 Å². The van der Waals surface area contributed by atoms with E-state index in [0.717, 1.165) is 5.56 Å². The van der Waals surface area contributed by atoms with Crippen LogP contribution in [0.4, 0.5) is 11.4 Å². The number of sulfonamides is 1. The Morgan fingerprint density at radius 1 is 0.879 bits per heavy atom. The Labute approximate surface area is 192 Å². The molecule has 0 spiro atoms. The molecule has 172 valence electrons. The molecule has 4 rings (SSSR count). The third-order valence-corrected chi connectivity index (χ3v) is 7.42. The van der Waals surface area contributed by atoms with Crippen molar-refractivity contribution in [3.8, 4) is 0 Å². The van der Waals surface area contributed by atoms with Crippen molar-refractivity contribution in [2.45, 2.75) is 18.6 Å². The van der Waals surface area contributed by atoms with Gasteiger partial charge >= 0.3 is 0 Å². The summed E-state index contributed by atoms with van der Waals surface area (Å²) in [6.07, 6.45) is 2.37. The van der Waals surface area contributed by atoms with Crippen molar-refractivity contribution < 1.29 is 22.4 Å². The summed E-state index contributed by atoms with van der Waals surface area (Å²) < 4.78 is 31.9. The first-order valence-corrected chi connectivity index (χ1v) is 12.3. The normalized spacial score (nSPS) is 15.2. The number of hydrogen-bond donors (Lipinski definition) is 2. The molecule has 3 aromatic rings. The molecule has 33 heavy (non-hydrogen) atoms. The maximum absolute atomic E-state index is 12.7. The molecule has 1 aliphatic heterocycles. The third-order valence-electron chi connectivity index (χ3n) is 5.57. The average Bonchev–Trinajstić information content (AvgIpc) is 3.36. The minimum atomic E-state index is -3.42. The lowest BCUT2D eigenvalue weighted by molar-refractivity contribution is -0.120. The van der Waals surface area contributed by atoms with Gasteiger partial charge in [0.2, 0.25) is 15.9 Å². The quantitative estimate of drug-likeness (QED) is 0.551. The van der Waals surface area contributed by atoms with Gasteiger partial charge in [0.1, 0.15) is 0 Å². The maximum atomic E-state index is 12.7. The van der Waals surface area contributed by atoms with E-state index in [2.05, 4.69) is 10.6 Å². The van der Waals surface area contributed by atoms with E-state index in [1.54, 1.807) is 48.5 Å². The van der Waals surface area contributed by atoms with Crippen LogP contribution in [0.15, 0.2) is 77.4 Å². The molecule has 0 radical (unpaired) electrons. The summed E-state index contributed by atoms with van der Waals surface area (Å²) in [5.41, 5.74) is 1.93. The molecule has 0 unspecified atom stereocenters. The van der Waals surface area contributed by atoms with E-state index in [1.165, 1.54) is 10.6 Å². The van der Waals surface area contributed by atoms with Crippen LogP contribution in [0, 0.1) is 5.92 Å². The van der Waals surface area contributed by atoms with Crippen molar-refractivity contribution in [2.24, 2.45) is 5.92 Å². The van der Waals surface area contributed by atoms with Gasteiger partial charge in [-0.25, -0.2) is 12.7 Å². The molecule has 2 amide bonds. The molecule has 1 saturated heterocycles. The highest BCUT2D eigenvalue weighted by Gasteiger charge is 2.31. The van der Waals surface area contributed by atoms with Crippen molar-refractivity contribution in [3.05, 3.63) is 84.3 Å². The molecule has 2 heterocycles. The lowest BCUT2D eigenvalue weighted by atomic mass is 9.97. The van der Waals surface area contributed by atoms with E-state index >= 15 is 0 Å². The van der Waals surface area contributed by atoms with Gasteiger partial charge in [-0.05, 0) is 54.8 Å². The number of rotatable bonds is 7. The number of furan rings is 1. The smallest absolute Gasteiger partial charge is 0.291 e. The van der Waals surface area contributed by atoms with Gasteiger partial charge in [0, 0.05) is 30.4 Å². The maximum Gasteiger partial charge on any atom is 0.291 e. The fourth-order valence-corrected chi connectivity index (χ4v) is 5.32. The number of carbonyl (C=O) groups excluding carboxylic acids is 2. The summed E-state index contributed by atoms with van der Waals surface area (Å²) >= 11 is 0. The predicted molar refractivity (Wildman–Crippen MR) is 125 cm³/mol. The topological polar surface area (TPSA) is 109 Å². The highest BCUT2D eigenvalue weighted by Crippen LogP contribution is 2.24. The minimum absolute atomic E-state index is 0.0342. The van der Waals surface area contributed by atoms with Crippen molar-refractivity contribution in [3.63, 3.8) is 0 Å². The van der Waals surface area contributed by atoms with E-state index < -0.39 is 10.0 Å². The lowest BCUT2D eigenvalue weighted by Crippen LogP contribution is -2.41. The number of nitrogens with one attached hydrogen (secondary N) is 2. The van der Waals surface area contributed by atoms with Gasteiger partial charge in [0.15, 0.2) is 5.76 Å². The van der Waals surface area contributed by atoms with E-state index in [1.807, 2.05) is 18.2 Å². The van der Waals surface area contributed by atoms with E-state index in [-0.39, 0.29) is 29.2 Å². The highest BCUT2D eigenvalue weighted by molar-refractivity contribution is 7.88. The van der Waals surface area contributed by atoms with Gasteiger partial charge in [-0.3, -0.25) is 9.59 Å². The Morgan fingerprint density at radius 3 is 2.12 bits per heavy atom. The SMILES string of the molecule is O=C(Nc1ccc(NC(=O)C2CCN(S(=O)(=O)Cc3ccccc3)CC2)cc1)c1ccco1. The van der Waals surface area contributed by atoms with Crippen LogP contribution in [0.2, 0.25) is 0 Å². The van der Waals surface area contributed by atoms with E-state index in [4.69, 9.17) is 4.42 Å². The van der Waals surface area contributed by atoms with Crippen LogP contribution in [0.1, 0.15) is 29.0 Å². The van der Waals surface area contributed by atoms with Gasteiger partial charge in [-0.1, -0.05) is 30.3 Å². The molecule has 1 fully saturated rings. The summed E-state index contributed by atoms with van der Waals surface area (Å²) in [6.45, 7) is 0.649. The summed E-state index contributed by atoms with van der Waals surface area (Å²) in [4.78, 5) is 24.7. The van der Waals surface area contributed by atoms with Gasteiger partial charge in [0.05, 0.1) is 12.0 Å². The first-order valence-electron chi connectivity index (χ1n) is 10.7. The van der Waals surface area contributed by atoms with Crippen molar-refractivity contribution in [1.29, 1.82) is 0 Å². The van der Waals surface area contributed by atoms with Gasteiger partial charge < -0.3 is 15.1 Å². The summed E-state index contributed by atoms with van der Waals surface area (Å²) in [6, 6.07) is 19.1. The molecule has 2 N–H and O–H groups in total. The Balaban J connectivity index is 1.27. The second-order valence-corrected chi connectivity index (χ2v) is 9.88. The molecule has 8 nitrogen and oxygen atoms in total. The molecular formula is C24H25N3O5S. The van der Waals surface area contributed by atoms with Gasteiger partial charge in [-0.15, -0.1) is 0 Å². The van der Waals surface area contributed by atoms with Crippen LogP contribution in [-0.4, -0.2) is 37.6 Å². The van der Waals surface area contributed by atoms with Gasteiger partial charge in [0.25, 0.3) is 5.91 Å². The molecule has 2 aromatic carbocycles. The fraction of sp³-hybridized carbons (Fsp3) is 0.250. The molecule has 9 heteroatoms. The Hall–Kier alpha value is -3.43. The van der Waals surface area contributed by atoms with Crippen LogP contribution in [0.25, 0.3) is 0 Å². The first-order chi connectivity index (χ1) is 15.9. The summed E-state index contributed by atoms with van der Waals surface area (Å²) in [5, 5.41) is 5.59. The summed E-state index contributed by atoms with van der Waals surface area (Å²) in [7, 11) is -3.42. The Morgan fingerprint density at radius 2 is 1.52 bits per heavy atom. The number of benzene rings is 2. The zero-order valence-corrected chi connectivity index (χ0v) is 18.8. The number of nitrogens with zero attached hydrogens (tertiary/aromatic N) is 1. The number of piperidine rings is 1. The molecule has 0 atom stereocenters. The second kappa shape index (κ2) is 10.0. The number of anilines is 2. The molecule has 0 saturated carbocycles. The number of amides is 2. The minimum Gasteiger partial charge on any atom is -0.459 e. The first kappa shape index (κ1) is 22.8. The molecular weight excluding hydrogens is 442 g/mol. The van der Waals surface area contributed by atoms with E-state index in [0.29, 0.717) is 37.3 Å². The monoisotopic (exact) mass is 467 g/mol. The highest BCUT2D eigenvalue weighted by atomic mass is 32.2. The fourth-order valence-electron chi connectivity index (χ4n) is 3.75. The average molecular weight is 468 g/mol. The number of carbonyl (C=O) groups is 2. The second-order valence-electron chi connectivity index (χ2n) is 7.91. The Bertz CT molecular complexity index is 1180. The standard InChI is InChI=1S/C24H25N3O5S/c28-23(25-20-8-10-21(11-9-20)26-24(29)22-7-4-16-32-22)19-12-14-27(15-13-19)33(30,31)17-18-5-2-1-3-6-18/h1-11,16,19H,12-15,17H2,(H,25,28)(H,26,29). The van der Waals surface area contributed by atoms with Crippen molar-refractivity contribution >= 4 is 33.2 Å². The van der Waals surface area contributed by atoms with E-state index in [9.17, 15) is 18.0 Å². The predicted octanol–water partition coefficient (Wildman–Crippen LogP) is 3.71. The number of hydrogen-bond acceptors (Lipinski definition) is 5. The van der Waals surface area contributed by atoms with Crippen LogP contribution in [0.3, 0.4) is 0 Å². The summed E-state index contributed by atoms with van der Waals surface area (Å²) in [5.74, 6) is -0.572. The van der Waals surface area contributed by atoms with Crippen LogP contribution >= 0.6 is 0 Å². The van der Waals surface area contributed by atoms with Gasteiger partial charge in [-0.2, -0.15) is 0 Å². The van der Waals surface area contributed by atoms with Crippen molar-refractivity contribution in [1.82, 2.24) is 4.31 Å². The zero-order chi connectivity index (χ0) is 23.3. The zero-order valence-electron chi connectivity index (χ0n) is 17.9. The molecule has 1 aliphatic rings. The lowest BCUT2D eigenvalue weighted by Gasteiger charge is -2.30. The van der Waals surface area contributed by atoms with Crippen molar-refractivity contribution in [2.75, 3.05) is 23.7 Å². The van der Waals surface area contributed by atoms with Crippen LogP contribution in [0.5, 0.6) is 0 Å². The Kier molecular flexibility index (Phi) is 6.90. The third kappa shape index (κ3) is 5.88.